The molecule has 1 unspecified atom stereocenters. The maximum atomic E-state index is 13.1. The third-order valence-electron chi connectivity index (χ3n) is 12.2. The van der Waals surface area contributed by atoms with Crippen molar-refractivity contribution >= 4 is 27.5 Å². The molecule has 0 aromatic heterocycles. The van der Waals surface area contributed by atoms with Crippen molar-refractivity contribution in [3.63, 3.8) is 0 Å². The second-order valence-corrected chi connectivity index (χ2v) is 17.3. The molecule has 0 radical (unpaired) electrons. The van der Waals surface area contributed by atoms with Gasteiger partial charge in [-0.2, -0.15) is 0 Å². The van der Waals surface area contributed by atoms with Gasteiger partial charge in [-0.25, -0.2) is 13.2 Å². The number of sulfone groups is 1. The van der Waals surface area contributed by atoms with Gasteiger partial charge in [0.1, 0.15) is 11.4 Å². The molecule has 4 heterocycles. The molecule has 7 rings (SSSR count). The van der Waals surface area contributed by atoms with E-state index in [1.165, 1.54) is 22.1 Å². The van der Waals surface area contributed by atoms with E-state index < -0.39 is 15.1 Å². The van der Waals surface area contributed by atoms with Gasteiger partial charge in [0.05, 0.1) is 4.90 Å². The van der Waals surface area contributed by atoms with Crippen LogP contribution in [0.4, 0.5) is 10.5 Å². The maximum Gasteiger partial charge on any atom is 0.407 e. The van der Waals surface area contributed by atoms with Crippen LogP contribution in [0.25, 0.3) is 0 Å². The van der Waals surface area contributed by atoms with Gasteiger partial charge >= 0.3 is 6.09 Å². The number of carbonyl (C=O) groups is 2. The third kappa shape index (κ3) is 6.38. The number of fused-ring (bicyclic) bond motifs is 1. The van der Waals surface area contributed by atoms with Crippen molar-refractivity contribution in [2.75, 3.05) is 71.4 Å². The molecule has 49 heavy (non-hydrogen) atoms. The van der Waals surface area contributed by atoms with E-state index in [0.717, 1.165) is 83.6 Å². The quantitative estimate of drug-likeness (QED) is 0.396. The Morgan fingerprint density at radius 1 is 1.00 bits per heavy atom. The minimum atomic E-state index is -3.47. The highest BCUT2D eigenvalue weighted by Crippen LogP contribution is 2.54. The van der Waals surface area contributed by atoms with Gasteiger partial charge in [-0.3, -0.25) is 4.79 Å². The van der Waals surface area contributed by atoms with Gasteiger partial charge in [0.2, 0.25) is 5.91 Å². The van der Waals surface area contributed by atoms with Crippen molar-refractivity contribution in [1.82, 2.24) is 20.0 Å². The first kappa shape index (κ1) is 34.1. The van der Waals surface area contributed by atoms with Crippen molar-refractivity contribution in [2.45, 2.75) is 60.3 Å². The van der Waals surface area contributed by atoms with Crippen molar-refractivity contribution in [1.29, 1.82) is 0 Å². The molecule has 11 heteroatoms. The molecule has 1 aliphatic carbocycles. The Hall–Kier alpha value is -3.41. The summed E-state index contributed by atoms with van der Waals surface area (Å²) in [6.45, 7) is 11.0. The standard InChI is InChI=1S/C38H51N5O5S/c1-4-36(44)43-24-32(25-43)49(46,47)31-14-12-30(13-15-31)42-21-27(22-42)20-41-18-16-29(17-19-41)38(34-10-7-11-35(34)48-37(45)39-2)26-40(3)23-28-8-5-6-9-33(28)38/h4-6,8-9,12-15,27,29,32,34-35H,1,7,10-11,16-26H2,2-3H3,(H,39,45)/t34-,35-,38?/m0/s1. The van der Waals surface area contributed by atoms with Crippen LogP contribution in [0, 0.1) is 17.8 Å². The smallest absolute Gasteiger partial charge is 0.407 e. The summed E-state index contributed by atoms with van der Waals surface area (Å²) in [5.74, 6) is 1.18. The number of amides is 2. The van der Waals surface area contributed by atoms with Gasteiger partial charge < -0.3 is 29.7 Å². The number of rotatable bonds is 9. The molecule has 5 aliphatic rings. The van der Waals surface area contributed by atoms with E-state index in [2.05, 4.69) is 57.9 Å². The molecule has 2 aromatic carbocycles. The Bertz CT molecular complexity index is 1650. The molecule has 2 aromatic rings. The maximum absolute atomic E-state index is 13.1. The fraction of sp³-hybridized carbons (Fsp3) is 0.579. The second-order valence-electron chi connectivity index (χ2n) is 15.1. The summed E-state index contributed by atoms with van der Waals surface area (Å²) in [5.41, 5.74) is 3.91. The van der Waals surface area contributed by atoms with E-state index >= 15 is 0 Å². The van der Waals surface area contributed by atoms with Gasteiger partial charge in [0.15, 0.2) is 9.84 Å². The Balaban J connectivity index is 0.964. The monoisotopic (exact) mass is 689 g/mol. The van der Waals surface area contributed by atoms with Crippen LogP contribution in [-0.4, -0.2) is 113 Å². The zero-order chi connectivity index (χ0) is 34.3. The normalized spacial score (nSPS) is 27.2. The first-order chi connectivity index (χ1) is 23.6. The molecule has 4 fully saturated rings. The topological polar surface area (TPSA) is 103 Å². The number of anilines is 1. The summed E-state index contributed by atoms with van der Waals surface area (Å²) in [6, 6.07) is 16.3. The molecular formula is C38H51N5O5S. The van der Waals surface area contributed by atoms with Crippen LogP contribution in [0.2, 0.25) is 0 Å². The number of likely N-dealkylation sites (N-methyl/N-ethyl adjacent to an activating group) is 1. The number of hydrogen-bond acceptors (Lipinski definition) is 8. The summed E-state index contributed by atoms with van der Waals surface area (Å²) in [7, 11) is 0.418. The zero-order valence-corrected chi connectivity index (χ0v) is 29.7. The van der Waals surface area contributed by atoms with Crippen LogP contribution in [0.15, 0.2) is 66.1 Å². The summed E-state index contributed by atoms with van der Waals surface area (Å²) in [4.78, 5) is 33.5. The van der Waals surface area contributed by atoms with E-state index in [1.54, 1.807) is 19.2 Å². The number of ether oxygens (including phenoxy) is 1. The largest absolute Gasteiger partial charge is 0.446 e. The van der Waals surface area contributed by atoms with Crippen LogP contribution >= 0.6 is 0 Å². The van der Waals surface area contributed by atoms with Crippen LogP contribution < -0.4 is 10.2 Å². The summed E-state index contributed by atoms with van der Waals surface area (Å²) in [6.07, 6.45) is 6.22. The lowest BCUT2D eigenvalue weighted by Gasteiger charge is -2.54. The molecule has 1 N–H and O–H groups in total. The Kier molecular flexibility index (Phi) is 9.53. The van der Waals surface area contributed by atoms with Crippen LogP contribution in [0.3, 0.4) is 0 Å². The molecule has 3 saturated heterocycles. The van der Waals surface area contributed by atoms with Crippen molar-refractivity contribution in [3.8, 4) is 0 Å². The fourth-order valence-corrected chi connectivity index (χ4v) is 11.3. The van der Waals surface area contributed by atoms with E-state index in [9.17, 15) is 18.0 Å². The number of nitrogens with one attached hydrogen (secondary N) is 1. The SMILES string of the molecule is C=CC(=O)N1CC(S(=O)(=O)c2ccc(N3CC(CN4CCC(C5([C@H]6CCC[C@@H]6OC(=O)NC)CN(C)Cc6ccccc65)CC4)C3)cc2)C1. The summed E-state index contributed by atoms with van der Waals surface area (Å²) >= 11 is 0. The van der Waals surface area contributed by atoms with E-state index in [-0.39, 0.29) is 36.6 Å². The molecule has 0 spiro atoms. The lowest BCUT2D eigenvalue weighted by atomic mass is 9.56. The second kappa shape index (κ2) is 13.7. The molecule has 10 nitrogen and oxygen atoms in total. The van der Waals surface area contributed by atoms with E-state index in [0.29, 0.717) is 22.6 Å². The molecule has 4 aliphatic heterocycles. The van der Waals surface area contributed by atoms with Crippen LogP contribution in [-0.2, 0) is 31.3 Å². The average Bonchev–Trinajstić information content (AvgIpc) is 3.53. The summed E-state index contributed by atoms with van der Waals surface area (Å²) < 4.78 is 32.2. The number of alkyl carbamates (subject to hydrolysis) is 1. The minimum Gasteiger partial charge on any atom is -0.446 e. The van der Waals surface area contributed by atoms with Crippen LogP contribution in [0.1, 0.15) is 43.2 Å². The van der Waals surface area contributed by atoms with E-state index in [1.807, 2.05) is 12.1 Å². The fourth-order valence-electron chi connectivity index (χ4n) is 9.69. The van der Waals surface area contributed by atoms with Gasteiger partial charge in [0.25, 0.3) is 0 Å². The number of nitrogens with zero attached hydrogens (tertiary/aromatic N) is 4. The molecular weight excluding hydrogens is 639 g/mol. The molecule has 1 saturated carbocycles. The van der Waals surface area contributed by atoms with Gasteiger partial charge in [-0.15, -0.1) is 0 Å². The number of likely N-dealkylation sites (tertiary alicyclic amines) is 2. The third-order valence-corrected chi connectivity index (χ3v) is 14.3. The first-order valence-corrected chi connectivity index (χ1v) is 19.5. The number of hydrogen-bond donors (Lipinski definition) is 1. The van der Waals surface area contributed by atoms with E-state index in [4.69, 9.17) is 4.74 Å². The Morgan fingerprint density at radius 3 is 2.41 bits per heavy atom. The molecule has 2 amide bonds. The number of benzene rings is 2. The predicted octanol–water partition coefficient (Wildman–Crippen LogP) is 3.91. The highest BCUT2D eigenvalue weighted by atomic mass is 32.2. The lowest BCUT2D eigenvalue weighted by Crippen LogP contribution is -2.58. The number of piperidine rings is 1. The van der Waals surface area contributed by atoms with Crippen molar-refractivity contribution in [3.05, 3.63) is 72.3 Å². The molecule has 264 valence electrons. The lowest BCUT2D eigenvalue weighted by molar-refractivity contribution is -0.129. The molecule has 3 atom stereocenters. The Labute approximate surface area is 291 Å². The van der Waals surface area contributed by atoms with Crippen molar-refractivity contribution in [2.24, 2.45) is 17.8 Å². The molecule has 0 bridgehead atoms. The highest BCUT2D eigenvalue weighted by Gasteiger charge is 2.55. The predicted molar refractivity (Wildman–Crippen MR) is 190 cm³/mol. The van der Waals surface area contributed by atoms with Crippen molar-refractivity contribution < 1.29 is 22.7 Å². The minimum absolute atomic E-state index is 0.0428. The first-order valence-electron chi connectivity index (χ1n) is 18.0. The average molecular weight is 690 g/mol. The summed E-state index contributed by atoms with van der Waals surface area (Å²) in [5, 5.41) is 2.13. The van der Waals surface area contributed by atoms with Gasteiger partial charge in [0, 0.05) is 75.8 Å². The zero-order valence-electron chi connectivity index (χ0n) is 28.9. The van der Waals surface area contributed by atoms with Gasteiger partial charge in [-0.05, 0) is 99.6 Å². The Morgan fingerprint density at radius 2 is 1.71 bits per heavy atom. The van der Waals surface area contributed by atoms with Crippen LogP contribution in [0.5, 0.6) is 0 Å². The van der Waals surface area contributed by atoms with Gasteiger partial charge in [-0.1, -0.05) is 30.8 Å². The highest BCUT2D eigenvalue weighted by molar-refractivity contribution is 7.92. The number of carbonyl (C=O) groups excluding carboxylic acids is 2.